The van der Waals surface area contributed by atoms with Gasteiger partial charge in [0.2, 0.25) is 0 Å². The van der Waals surface area contributed by atoms with Crippen LogP contribution in [0.4, 0.5) is 5.82 Å². The average molecular weight is 228 g/mol. The Kier molecular flexibility index (Phi) is 4.36. The van der Waals surface area contributed by atoms with Gasteiger partial charge in [-0.1, -0.05) is 0 Å². The standard InChI is InChI=1S/C11H17N3.ClH/c1-9-3-6-13-11(7-9)14(2)10-4-5-12-8-10;/h3,6-7,10,12H,4-5,8H2,1-2H3;1H. The molecule has 0 aliphatic carbocycles. The van der Waals surface area contributed by atoms with Gasteiger partial charge in [0.25, 0.3) is 0 Å². The molecular weight excluding hydrogens is 210 g/mol. The number of nitrogens with zero attached hydrogens (tertiary/aromatic N) is 2. The van der Waals surface area contributed by atoms with Crippen LogP contribution < -0.4 is 10.2 Å². The molecule has 1 aromatic heterocycles. The van der Waals surface area contributed by atoms with Gasteiger partial charge in [-0.2, -0.15) is 0 Å². The van der Waals surface area contributed by atoms with E-state index in [1.807, 2.05) is 12.3 Å². The second-order valence-electron chi connectivity index (χ2n) is 3.95. The van der Waals surface area contributed by atoms with Crippen molar-refractivity contribution >= 4 is 18.2 Å². The zero-order valence-electron chi connectivity index (χ0n) is 9.23. The van der Waals surface area contributed by atoms with Crippen LogP contribution in [0.15, 0.2) is 18.3 Å². The SMILES string of the molecule is Cc1ccnc(N(C)C2CCNC2)c1.Cl. The summed E-state index contributed by atoms with van der Waals surface area (Å²) in [6.45, 7) is 4.30. The molecule has 0 amide bonds. The number of aryl methyl sites for hydroxylation is 1. The maximum absolute atomic E-state index is 4.38. The number of pyridine rings is 1. The number of rotatable bonds is 2. The molecule has 1 aromatic rings. The largest absolute Gasteiger partial charge is 0.355 e. The summed E-state index contributed by atoms with van der Waals surface area (Å²) in [5.74, 6) is 1.08. The van der Waals surface area contributed by atoms with Gasteiger partial charge in [0.1, 0.15) is 5.82 Å². The van der Waals surface area contributed by atoms with Gasteiger partial charge >= 0.3 is 0 Å². The van der Waals surface area contributed by atoms with Crippen molar-refractivity contribution in [3.05, 3.63) is 23.9 Å². The molecular formula is C11H18ClN3. The summed E-state index contributed by atoms with van der Waals surface area (Å²) in [6.07, 6.45) is 3.09. The molecule has 84 valence electrons. The van der Waals surface area contributed by atoms with Crippen molar-refractivity contribution in [2.24, 2.45) is 0 Å². The fraction of sp³-hybridized carbons (Fsp3) is 0.545. The highest BCUT2D eigenvalue weighted by atomic mass is 35.5. The lowest BCUT2D eigenvalue weighted by Gasteiger charge is -2.24. The van der Waals surface area contributed by atoms with E-state index in [1.165, 1.54) is 12.0 Å². The minimum absolute atomic E-state index is 0. The molecule has 1 aliphatic heterocycles. The molecule has 0 saturated carbocycles. The van der Waals surface area contributed by atoms with Gasteiger partial charge in [-0.25, -0.2) is 4.98 Å². The van der Waals surface area contributed by atoms with Crippen molar-refractivity contribution in [1.29, 1.82) is 0 Å². The minimum Gasteiger partial charge on any atom is -0.355 e. The number of aromatic nitrogens is 1. The number of halogens is 1. The zero-order chi connectivity index (χ0) is 9.97. The van der Waals surface area contributed by atoms with Gasteiger partial charge in [-0.05, 0) is 37.6 Å². The van der Waals surface area contributed by atoms with Gasteiger partial charge in [0.15, 0.2) is 0 Å². The van der Waals surface area contributed by atoms with Crippen molar-refractivity contribution in [2.45, 2.75) is 19.4 Å². The summed E-state index contributed by atoms with van der Waals surface area (Å²) >= 11 is 0. The summed E-state index contributed by atoms with van der Waals surface area (Å²) in [5, 5.41) is 3.37. The van der Waals surface area contributed by atoms with E-state index in [1.54, 1.807) is 0 Å². The molecule has 0 radical (unpaired) electrons. The summed E-state index contributed by atoms with van der Waals surface area (Å²) in [4.78, 5) is 6.65. The molecule has 2 rings (SSSR count). The number of hydrogen-bond acceptors (Lipinski definition) is 3. The second kappa shape index (κ2) is 5.33. The average Bonchev–Trinajstić information content (AvgIpc) is 2.69. The highest BCUT2D eigenvalue weighted by molar-refractivity contribution is 5.85. The van der Waals surface area contributed by atoms with Crippen molar-refractivity contribution in [1.82, 2.24) is 10.3 Å². The third-order valence-corrected chi connectivity index (χ3v) is 2.84. The first kappa shape index (κ1) is 12.3. The van der Waals surface area contributed by atoms with Gasteiger partial charge in [0.05, 0.1) is 0 Å². The van der Waals surface area contributed by atoms with Crippen LogP contribution in [0, 0.1) is 6.92 Å². The second-order valence-corrected chi connectivity index (χ2v) is 3.95. The van der Waals surface area contributed by atoms with Crippen molar-refractivity contribution in [3.63, 3.8) is 0 Å². The molecule has 0 spiro atoms. The number of anilines is 1. The van der Waals surface area contributed by atoms with E-state index in [9.17, 15) is 0 Å². The predicted octanol–water partition coefficient (Wildman–Crippen LogP) is 1.61. The van der Waals surface area contributed by atoms with E-state index in [2.05, 4.69) is 35.2 Å². The molecule has 1 aliphatic rings. The highest BCUT2D eigenvalue weighted by Crippen LogP contribution is 2.16. The van der Waals surface area contributed by atoms with Crippen molar-refractivity contribution in [2.75, 3.05) is 25.0 Å². The maximum Gasteiger partial charge on any atom is 0.128 e. The normalized spacial score (nSPS) is 19.7. The van der Waals surface area contributed by atoms with Gasteiger partial charge in [0, 0.05) is 25.8 Å². The smallest absolute Gasteiger partial charge is 0.128 e. The first-order valence-electron chi connectivity index (χ1n) is 5.13. The summed E-state index contributed by atoms with van der Waals surface area (Å²) in [5.41, 5.74) is 1.27. The zero-order valence-corrected chi connectivity index (χ0v) is 10.0. The molecule has 15 heavy (non-hydrogen) atoms. The van der Waals surface area contributed by atoms with Crippen LogP contribution in [0.3, 0.4) is 0 Å². The van der Waals surface area contributed by atoms with Crippen LogP contribution in [0.25, 0.3) is 0 Å². The van der Waals surface area contributed by atoms with Crippen LogP contribution in [-0.4, -0.2) is 31.2 Å². The number of nitrogens with one attached hydrogen (secondary N) is 1. The molecule has 1 fully saturated rings. The molecule has 0 aromatic carbocycles. The Labute approximate surface area is 97.3 Å². The maximum atomic E-state index is 4.38. The minimum atomic E-state index is 0. The summed E-state index contributed by atoms with van der Waals surface area (Å²) in [7, 11) is 2.12. The Morgan fingerprint density at radius 1 is 1.53 bits per heavy atom. The van der Waals surface area contributed by atoms with E-state index in [4.69, 9.17) is 0 Å². The summed E-state index contributed by atoms with van der Waals surface area (Å²) < 4.78 is 0. The molecule has 0 bridgehead atoms. The van der Waals surface area contributed by atoms with Crippen LogP contribution in [0.5, 0.6) is 0 Å². The molecule has 1 N–H and O–H groups in total. The van der Waals surface area contributed by atoms with E-state index in [0.717, 1.165) is 18.9 Å². The van der Waals surface area contributed by atoms with Crippen LogP contribution in [-0.2, 0) is 0 Å². The van der Waals surface area contributed by atoms with Gasteiger partial charge in [-0.3, -0.25) is 0 Å². The molecule has 3 nitrogen and oxygen atoms in total. The first-order valence-corrected chi connectivity index (χ1v) is 5.13. The van der Waals surface area contributed by atoms with E-state index in [-0.39, 0.29) is 12.4 Å². The highest BCUT2D eigenvalue weighted by Gasteiger charge is 2.19. The van der Waals surface area contributed by atoms with E-state index in [0.29, 0.717) is 6.04 Å². The molecule has 1 atom stereocenters. The fourth-order valence-corrected chi connectivity index (χ4v) is 1.87. The van der Waals surface area contributed by atoms with E-state index >= 15 is 0 Å². The lowest BCUT2D eigenvalue weighted by Crippen LogP contribution is -2.33. The van der Waals surface area contributed by atoms with Crippen LogP contribution >= 0.6 is 12.4 Å². The molecule has 1 saturated heterocycles. The Morgan fingerprint density at radius 3 is 2.93 bits per heavy atom. The lowest BCUT2D eigenvalue weighted by molar-refractivity contribution is 0.677. The van der Waals surface area contributed by atoms with Crippen molar-refractivity contribution in [3.8, 4) is 0 Å². The van der Waals surface area contributed by atoms with Crippen molar-refractivity contribution < 1.29 is 0 Å². The third kappa shape index (κ3) is 2.83. The quantitative estimate of drug-likeness (QED) is 0.832. The lowest BCUT2D eigenvalue weighted by atomic mass is 10.2. The Hall–Kier alpha value is -0.800. The molecule has 4 heteroatoms. The topological polar surface area (TPSA) is 28.2 Å². The number of likely N-dealkylation sites (N-methyl/N-ethyl adjacent to an activating group) is 1. The van der Waals surface area contributed by atoms with Gasteiger partial charge < -0.3 is 10.2 Å². The number of hydrogen-bond donors (Lipinski definition) is 1. The van der Waals surface area contributed by atoms with Crippen LogP contribution in [0.2, 0.25) is 0 Å². The molecule has 2 heterocycles. The predicted molar refractivity (Wildman–Crippen MR) is 65.9 cm³/mol. The Balaban J connectivity index is 0.00000112. The van der Waals surface area contributed by atoms with Gasteiger partial charge in [-0.15, -0.1) is 12.4 Å². The van der Waals surface area contributed by atoms with E-state index < -0.39 is 0 Å². The summed E-state index contributed by atoms with van der Waals surface area (Å²) in [6, 6.07) is 4.77. The third-order valence-electron chi connectivity index (χ3n) is 2.84. The monoisotopic (exact) mass is 227 g/mol. The van der Waals surface area contributed by atoms with Crippen LogP contribution in [0.1, 0.15) is 12.0 Å². The molecule has 1 unspecified atom stereocenters. The Morgan fingerprint density at radius 2 is 2.33 bits per heavy atom. The fourth-order valence-electron chi connectivity index (χ4n) is 1.87. The Bertz CT molecular complexity index is 310. The first-order chi connectivity index (χ1) is 6.77.